The Morgan fingerprint density at radius 1 is 1.35 bits per heavy atom. The van der Waals surface area contributed by atoms with Crippen molar-refractivity contribution in [2.24, 2.45) is 5.92 Å². The van der Waals surface area contributed by atoms with Crippen LogP contribution in [0, 0.1) is 5.92 Å². The summed E-state index contributed by atoms with van der Waals surface area (Å²) in [5, 5.41) is 3.55. The van der Waals surface area contributed by atoms with E-state index in [0.29, 0.717) is 6.04 Å². The van der Waals surface area contributed by atoms with Crippen LogP contribution in [0.15, 0.2) is 18.2 Å². The zero-order chi connectivity index (χ0) is 12.3. The standard InChI is InChI=1S/C14H22N2O/c1-10-4-3-5-11(8-10)16-14-7-6-12(17-2)9-13(14)15/h6-7,9-11,16H,3-5,8,15H2,1-2H3. The number of anilines is 2. The van der Waals surface area contributed by atoms with Crippen molar-refractivity contribution in [3.63, 3.8) is 0 Å². The first-order chi connectivity index (χ1) is 8.19. The predicted octanol–water partition coefficient (Wildman–Crippen LogP) is 3.27. The maximum atomic E-state index is 6.01. The van der Waals surface area contributed by atoms with Crippen LogP contribution in [-0.4, -0.2) is 13.2 Å². The Bertz CT molecular complexity index is 378. The molecule has 1 saturated carbocycles. The molecule has 1 fully saturated rings. The third-order valence-electron chi connectivity index (χ3n) is 3.55. The summed E-state index contributed by atoms with van der Waals surface area (Å²) in [5.74, 6) is 1.63. The van der Waals surface area contributed by atoms with Crippen molar-refractivity contribution in [2.45, 2.75) is 38.6 Å². The van der Waals surface area contributed by atoms with Gasteiger partial charge in [-0.1, -0.05) is 19.8 Å². The zero-order valence-corrected chi connectivity index (χ0v) is 10.7. The summed E-state index contributed by atoms with van der Waals surface area (Å²) in [6, 6.07) is 6.39. The molecule has 2 rings (SSSR count). The molecule has 0 radical (unpaired) electrons. The number of hydrogen-bond acceptors (Lipinski definition) is 3. The van der Waals surface area contributed by atoms with Crippen LogP contribution >= 0.6 is 0 Å². The van der Waals surface area contributed by atoms with Crippen molar-refractivity contribution in [3.05, 3.63) is 18.2 Å². The lowest BCUT2D eigenvalue weighted by Crippen LogP contribution is -2.26. The number of rotatable bonds is 3. The van der Waals surface area contributed by atoms with Gasteiger partial charge < -0.3 is 15.8 Å². The Kier molecular flexibility index (Phi) is 3.77. The van der Waals surface area contributed by atoms with E-state index in [1.54, 1.807) is 7.11 Å². The van der Waals surface area contributed by atoms with Gasteiger partial charge in [0.1, 0.15) is 5.75 Å². The SMILES string of the molecule is COc1ccc(NC2CCCC(C)C2)c(N)c1. The highest BCUT2D eigenvalue weighted by Gasteiger charge is 2.19. The average Bonchev–Trinajstić information content (AvgIpc) is 2.32. The van der Waals surface area contributed by atoms with Crippen molar-refractivity contribution in [1.29, 1.82) is 0 Å². The average molecular weight is 234 g/mol. The van der Waals surface area contributed by atoms with Gasteiger partial charge in [0.05, 0.1) is 18.5 Å². The van der Waals surface area contributed by atoms with Crippen molar-refractivity contribution >= 4 is 11.4 Å². The van der Waals surface area contributed by atoms with E-state index < -0.39 is 0 Å². The van der Waals surface area contributed by atoms with E-state index in [2.05, 4.69) is 12.2 Å². The molecule has 2 atom stereocenters. The first kappa shape index (κ1) is 12.1. The summed E-state index contributed by atoms with van der Waals surface area (Å²) in [4.78, 5) is 0. The summed E-state index contributed by atoms with van der Waals surface area (Å²) in [7, 11) is 1.66. The topological polar surface area (TPSA) is 47.3 Å². The van der Waals surface area contributed by atoms with Gasteiger partial charge in [-0.15, -0.1) is 0 Å². The van der Waals surface area contributed by atoms with E-state index in [1.807, 2.05) is 18.2 Å². The molecule has 1 aromatic carbocycles. The second kappa shape index (κ2) is 5.30. The quantitative estimate of drug-likeness (QED) is 0.789. The molecule has 1 aliphatic rings. The van der Waals surface area contributed by atoms with Crippen molar-refractivity contribution in [1.82, 2.24) is 0 Å². The smallest absolute Gasteiger partial charge is 0.121 e. The van der Waals surface area contributed by atoms with Crippen molar-refractivity contribution < 1.29 is 4.74 Å². The van der Waals surface area contributed by atoms with Crippen LogP contribution in [0.4, 0.5) is 11.4 Å². The minimum Gasteiger partial charge on any atom is -0.497 e. The number of nitrogen functional groups attached to an aromatic ring is 1. The predicted molar refractivity (Wildman–Crippen MR) is 72.4 cm³/mol. The maximum Gasteiger partial charge on any atom is 0.121 e. The fourth-order valence-corrected chi connectivity index (χ4v) is 2.58. The van der Waals surface area contributed by atoms with Gasteiger partial charge in [0.25, 0.3) is 0 Å². The van der Waals surface area contributed by atoms with Gasteiger partial charge in [-0.25, -0.2) is 0 Å². The van der Waals surface area contributed by atoms with Crippen molar-refractivity contribution in [3.8, 4) is 5.75 Å². The molecule has 17 heavy (non-hydrogen) atoms. The maximum absolute atomic E-state index is 6.01. The number of benzene rings is 1. The molecule has 3 N–H and O–H groups in total. The van der Waals surface area contributed by atoms with Gasteiger partial charge in [0, 0.05) is 12.1 Å². The van der Waals surface area contributed by atoms with E-state index in [1.165, 1.54) is 25.7 Å². The summed E-state index contributed by atoms with van der Waals surface area (Å²) in [5.41, 5.74) is 7.80. The van der Waals surface area contributed by atoms with Crippen LogP contribution < -0.4 is 15.8 Å². The second-order valence-electron chi connectivity index (χ2n) is 5.07. The van der Waals surface area contributed by atoms with Crippen LogP contribution in [0.1, 0.15) is 32.6 Å². The highest BCUT2D eigenvalue weighted by Crippen LogP contribution is 2.29. The molecule has 0 spiro atoms. The Hall–Kier alpha value is -1.38. The fraction of sp³-hybridized carbons (Fsp3) is 0.571. The number of hydrogen-bond donors (Lipinski definition) is 2. The summed E-state index contributed by atoms with van der Waals surface area (Å²) < 4.78 is 5.15. The molecular formula is C14H22N2O. The molecule has 2 unspecified atom stereocenters. The Morgan fingerprint density at radius 3 is 2.82 bits per heavy atom. The first-order valence-corrected chi connectivity index (χ1v) is 6.39. The number of methoxy groups -OCH3 is 1. The molecule has 94 valence electrons. The first-order valence-electron chi connectivity index (χ1n) is 6.39. The summed E-state index contributed by atoms with van der Waals surface area (Å²) in [6.07, 6.45) is 5.16. The van der Waals surface area contributed by atoms with Gasteiger partial charge >= 0.3 is 0 Å². The molecule has 0 bridgehead atoms. The number of nitrogens with two attached hydrogens (primary N) is 1. The van der Waals surface area contributed by atoms with E-state index in [0.717, 1.165) is 23.0 Å². The van der Waals surface area contributed by atoms with E-state index in [-0.39, 0.29) is 0 Å². The highest BCUT2D eigenvalue weighted by molar-refractivity contribution is 5.68. The molecule has 0 saturated heterocycles. The molecule has 0 aliphatic heterocycles. The molecule has 1 aliphatic carbocycles. The molecule has 1 aromatic rings. The third-order valence-corrected chi connectivity index (χ3v) is 3.55. The van der Waals surface area contributed by atoms with Gasteiger partial charge in [0.2, 0.25) is 0 Å². The molecule has 3 heteroatoms. The van der Waals surface area contributed by atoms with Gasteiger partial charge in [-0.3, -0.25) is 0 Å². The number of ether oxygens (including phenoxy) is 1. The highest BCUT2D eigenvalue weighted by atomic mass is 16.5. The Morgan fingerprint density at radius 2 is 2.18 bits per heavy atom. The minimum atomic E-state index is 0.564. The monoisotopic (exact) mass is 234 g/mol. The lowest BCUT2D eigenvalue weighted by molar-refractivity contribution is 0.358. The second-order valence-corrected chi connectivity index (χ2v) is 5.07. The number of nitrogens with one attached hydrogen (secondary N) is 1. The van der Waals surface area contributed by atoms with Crippen LogP contribution in [0.5, 0.6) is 5.75 Å². The summed E-state index contributed by atoms with van der Waals surface area (Å²) >= 11 is 0. The third kappa shape index (κ3) is 3.05. The largest absolute Gasteiger partial charge is 0.497 e. The molecule has 3 nitrogen and oxygen atoms in total. The fourth-order valence-electron chi connectivity index (χ4n) is 2.58. The van der Waals surface area contributed by atoms with E-state index >= 15 is 0 Å². The molecule has 0 amide bonds. The van der Waals surface area contributed by atoms with Crippen LogP contribution in [0.25, 0.3) is 0 Å². The van der Waals surface area contributed by atoms with E-state index in [4.69, 9.17) is 10.5 Å². The summed E-state index contributed by atoms with van der Waals surface area (Å²) in [6.45, 7) is 2.32. The van der Waals surface area contributed by atoms with Gasteiger partial charge in [0.15, 0.2) is 0 Å². The van der Waals surface area contributed by atoms with Crippen LogP contribution in [0.2, 0.25) is 0 Å². The molecular weight excluding hydrogens is 212 g/mol. The Labute approximate surface area is 103 Å². The molecule has 0 heterocycles. The lowest BCUT2D eigenvalue weighted by Gasteiger charge is -2.28. The van der Waals surface area contributed by atoms with Gasteiger partial charge in [-0.05, 0) is 30.9 Å². The Balaban J connectivity index is 2.02. The molecule has 0 aromatic heterocycles. The van der Waals surface area contributed by atoms with Crippen molar-refractivity contribution in [2.75, 3.05) is 18.2 Å². The zero-order valence-electron chi connectivity index (χ0n) is 10.7. The van der Waals surface area contributed by atoms with Gasteiger partial charge in [-0.2, -0.15) is 0 Å². The van der Waals surface area contributed by atoms with Crippen LogP contribution in [-0.2, 0) is 0 Å². The van der Waals surface area contributed by atoms with Crippen LogP contribution in [0.3, 0.4) is 0 Å². The normalized spacial score (nSPS) is 24.4. The minimum absolute atomic E-state index is 0.564. The van der Waals surface area contributed by atoms with E-state index in [9.17, 15) is 0 Å². The lowest BCUT2D eigenvalue weighted by atomic mass is 9.87.